The predicted octanol–water partition coefficient (Wildman–Crippen LogP) is 4.09. The normalized spacial score (nSPS) is 19.7. The number of benzene rings is 2. The first-order valence-corrected chi connectivity index (χ1v) is 10.4. The highest BCUT2D eigenvalue weighted by Gasteiger charge is 2.52. The monoisotopic (exact) mass is 425 g/mol. The summed E-state index contributed by atoms with van der Waals surface area (Å²) in [5, 5.41) is 0. The fraction of sp³-hybridized carbons (Fsp3) is 0.200. The number of ether oxygens (including phenoxy) is 1. The molecule has 0 aromatic heterocycles. The van der Waals surface area contributed by atoms with E-state index in [4.69, 9.17) is 10.5 Å². The Hall–Kier alpha value is -2.62. The van der Waals surface area contributed by atoms with E-state index in [1.54, 1.807) is 30.3 Å². The predicted molar refractivity (Wildman–Crippen MR) is 106 cm³/mol. The smallest absolute Gasteiger partial charge is 0.408 e. The molecule has 2 aromatic carbocycles. The van der Waals surface area contributed by atoms with Crippen LogP contribution in [0.25, 0.3) is 0 Å². The Kier molecular flexibility index (Phi) is 5.83. The van der Waals surface area contributed by atoms with Crippen molar-refractivity contribution in [3.8, 4) is 11.5 Å². The van der Waals surface area contributed by atoms with Crippen LogP contribution in [0.15, 0.2) is 78.5 Å². The summed E-state index contributed by atoms with van der Waals surface area (Å²) in [4.78, 5) is 0. The van der Waals surface area contributed by atoms with Gasteiger partial charge in [0.15, 0.2) is 11.4 Å². The molecule has 0 saturated heterocycles. The van der Waals surface area contributed by atoms with Gasteiger partial charge in [-0.05, 0) is 36.4 Å². The van der Waals surface area contributed by atoms with Crippen LogP contribution < -0.4 is 14.4 Å². The number of sulfonamides is 1. The second-order valence-corrected chi connectivity index (χ2v) is 8.54. The quantitative estimate of drug-likeness (QED) is 0.708. The lowest BCUT2D eigenvalue weighted by Gasteiger charge is -2.38. The third kappa shape index (κ3) is 4.36. The zero-order valence-corrected chi connectivity index (χ0v) is 16.2. The van der Waals surface area contributed by atoms with E-state index in [9.17, 15) is 21.6 Å². The molecule has 3 rings (SSSR count). The summed E-state index contributed by atoms with van der Waals surface area (Å²) >= 11 is 0. The molecule has 1 heterocycles. The lowest BCUT2D eigenvalue weighted by Crippen LogP contribution is -2.58. The average Bonchev–Trinajstić information content (AvgIpc) is 2.67. The van der Waals surface area contributed by atoms with Crippen LogP contribution in [0, 0.1) is 0 Å². The minimum Gasteiger partial charge on any atom is -0.457 e. The van der Waals surface area contributed by atoms with Gasteiger partial charge in [0.2, 0.25) is 0 Å². The fourth-order valence-corrected chi connectivity index (χ4v) is 5.15. The van der Waals surface area contributed by atoms with E-state index in [1.807, 2.05) is 6.07 Å². The third-order valence-electron chi connectivity index (χ3n) is 4.51. The number of nitrogens with zero attached hydrogens (tertiary/aromatic N) is 1. The van der Waals surface area contributed by atoms with E-state index in [-0.39, 0.29) is 24.5 Å². The maximum absolute atomic E-state index is 13.1. The van der Waals surface area contributed by atoms with Crippen LogP contribution in [-0.4, -0.2) is 33.4 Å². The van der Waals surface area contributed by atoms with E-state index in [0.717, 1.165) is 0 Å². The Labute approximate surface area is 167 Å². The molecule has 29 heavy (non-hydrogen) atoms. The Morgan fingerprint density at radius 1 is 1.00 bits per heavy atom. The standard InChI is InChI=1S/C20H20F3N2O3S/c21-20(22,23)15-29(26,27)25(13-5-4-6-17(25)14-24)16-9-11-19(12-10-16)28-18-7-2-1-3-8-18/h1-12H,13-15,24H2/q+1. The number of quaternary nitrogens is 1. The molecule has 0 fully saturated rings. The molecule has 0 radical (unpaired) electrons. The van der Waals surface area contributed by atoms with Crippen molar-refractivity contribution in [1.82, 2.24) is 3.89 Å². The molecular formula is C20H20F3N2O3S+. The Morgan fingerprint density at radius 2 is 1.62 bits per heavy atom. The van der Waals surface area contributed by atoms with E-state index < -0.39 is 25.8 Å². The number of para-hydroxylation sites is 1. The van der Waals surface area contributed by atoms with Crippen LogP contribution in [0.2, 0.25) is 0 Å². The molecule has 2 N–H and O–H groups in total. The summed E-state index contributed by atoms with van der Waals surface area (Å²) in [7, 11) is -4.72. The van der Waals surface area contributed by atoms with E-state index in [0.29, 0.717) is 11.5 Å². The molecule has 0 bridgehead atoms. The average molecular weight is 425 g/mol. The summed E-state index contributed by atoms with van der Waals surface area (Å²) in [6, 6.07) is 14.9. The van der Waals surface area contributed by atoms with Gasteiger partial charge in [-0.15, -0.1) is 0 Å². The molecule has 2 aromatic rings. The summed E-state index contributed by atoms with van der Waals surface area (Å²) in [5.74, 6) is -0.942. The first kappa shape index (κ1) is 21.1. The number of rotatable bonds is 6. The van der Waals surface area contributed by atoms with E-state index in [1.165, 1.54) is 36.4 Å². The molecule has 1 aliphatic heterocycles. The van der Waals surface area contributed by atoms with Crippen molar-refractivity contribution >= 4 is 15.7 Å². The van der Waals surface area contributed by atoms with Crippen molar-refractivity contribution in [1.29, 1.82) is 0 Å². The van der Waals surface area contributed by atoms with Gasteiger partial charge in [0, 0.05) is 12.1 Å². The summed E-state index contributed by atoms with van der Waals surface area (Å²) < 4.78 is 69.8. The van der Waals surface area contributed by atoms with Crippen molar-refractivity contribution in [2.45, 2.75) is 6.18 Å². The van der Waals surface area contributed by atoms with Gasteiger partial charge in [-0.2, -0.15) is 25.5 Å². The van der Waals surface area contributed by atoms with Crippen molar-refractivity contribution in [2.75, 3.05) is 18.8 Å². The largest absolute Gasteiger partial charge is 0.457 e. The van der Waals surface area contributed by atoms with Gasteiger partial charge in [0.05, 0.1) is 6.54 Å². The van der Waals surface area contributed by atoms with E-state index >= 15 is 0 Å². The minimum absolute atomic E-state index is 0.161. The lowest BCUT2D eigenvalue weighted by atomic mass is 10.2. The number of alkyl halides is 3. The SMILES string of the molecule is NCC1=CC=CC[N+]1(c1ccc(Oc2ccccc2)cc1)S(=O)(=O)CC(F)(F)F. The molecule has 0 aliphatic carbocycles. The molecule has 1 unspecified atom stereocenters. The molecule has 9 heteroatoms. The minimum atomic E-state index is -4.87. The first-order valence-electron chi connectivity index (χ1n) is 8.75. The molecular weight excluding hydrogens is 405 g/mol. The van der Waals surface area contributed by atoms with Gasteiger partial charge in [0.25, 0.3) is 0 Å². The molecule has 154 valence electrons. The number of hydrogen-bond acceptors (Lipinski definition) is 4. The number of halogens is 3. The highest BCUT2D eigenvalue weighted by molar-refractivity contribution is 7.91. The first-order chi connectivity index (χ1) is 13.7. The Bertz CT molecular complexity index is 1020. The summed E-state index contributed by atoms with van der Waals surface area (Å²) in [6.07, 6.45) is -0.316. The van der Waals surface area contributed by atoms with Crippen molar-refractivity contribution in [2.24, 2.45) is 5.73 Å². The van der Waals surface area contributed by atoms with Gasteiger partial charge in [-0.25, -0.2) is 0 Å². The zero-order chi connectivity index (χ0) is 21.1. The maximum Gasteiger partial charge on any atom is 0.408 e. The van der Waals surface area contributed by atoms with Crippen LogP contribution in [0.3, 0.4) is 0 Å². The van der Waals surface area contributed by atoms with E-state index in [2.05, 4.69) is 0 Å². The van der Waals surface area contributed by atoms with Gasteiger partial charge < -0.3 is 10.5 Å². The second kappa shape index (κ2) is 8.02. The number of hydrogen-bond donors (Lipinski definition) is 1. The number of nitrogens with two attached hydrogens (primary N) is 1. The third-order valence-corrected chi connectivity index (χ3v) is 6.75. The van der Waals surface area contributed by atoms with Crippen molar-refractivity contribution in [3.63, 3.8) is 0 Å². The fourth-order valence-electron chi connectivity index (χ4n) is 3.26. The molecule has 0 spiro atoms. The van der Waals surface area contributed by atoms with Crippen LogP contribution in [-0.2, 0) is 10.0 Å². The van der Waals surface area contributed by atoms with Gasteiger partial charge in [-0.1, -0.05) is 24.3 Å². The second-order valence-electron chi connectivity index (χ2n) is 6.46. The van der Waals surface area contributed by atoms with Crippen LogP contribution in [0.4, 0.5) is 18.9 Å². The van der Waals surface area contributed by atoms with Gasteiger partial charge >= 0.3 is 16.2 Å². The van der Waals surface area contributed by atoms with Crippen LogP contribution in [0.1, 0.15) is 0 Å². The molecule has 0 saturated carbocycles. The topological polar surface area (TPSA) is 69.4 Å². The maximum atomic E-state index is 13.1. The number of allylic oxidation sites excluding steroid dienone is 2. The molecule has 1 atom stereocenters. The van der Waals surface area contributed by atoms with Gasteiger partial charge in [0.1, 0.15) is 23.7 Å². The lowest BCUT2D eigenvalue weighted by molar-refractivity contribution is -0.106. The highest BCUT2D eigenvalue weighted by Crippen LogP contribution is 2.38. The van der Waals surface area contributed by atoms with Crippen LogP contribution >= 0.6 is 0 Å². The van der Waals surface area contributed by atoms with Crippen molar-refractivity contribution < 1.29 is 26.3 Å². The molecule has 5 nitrogen and oxygen atoms in total. The van der Waals surface area contributed by atoms with Crippen molar-refractivity contribution in [3.05, 3.63) is 78.5 Å². The zero-order valence-electron chi connectivity index (χ0n) is 15.3. The highest BCUT2D eigenvalue weighted by atomic mass is 32.2. The summed E-state index contributed by atoms with van der Waals surface area (Å²) in [5.41, 5.74) is 6.04. The van der Waals surface area contributed by atoms with Crippen LogP contribution in [0.5, 0.6) is 11.5 Å². The molecule has 0 amide bonds. The van der Waals surface area contributed by atoms with Gasteiger partial charge in [-0.3, -0.25) is 0 Å². The summed E-state index contributed by atoms with van der Waals surface area (Å²) in [6.45, 7) is -0.385. The Morgan fingerprint density at radius 3 is 2.21 bits per heavy atom. The Balaban J connectivity index is 2.04. The molecule has 1 aliphatic rings.